The minimum atomic E-state index is -0.958. The van der Waals surface area contributed by atoms with E-state index in [1.54, 1.807) is 0 Å². The number of aliphatic carboxylic acids is 1. The van der Waals surface area contributed by atoms with Gasteiger partial charge >= 0.3 is 12.0 Å². The highest BCUT2D eigenvalue weighted by Crippen LogP contribution is 2.34. The van der Waals surface area contributed by atoms with Gasteiger partial charge in [-0.2, -0.15) is 0 Å². The first-order chi connectivity index (χ1) is 8.93. The molecule has 0 bridgehead atoms. The lowest BCUT2D eigenvalue weighted by Gasteiger charge is -2.33. The molecule has 2 unspecified atom stereocenters. The third kappa shape index (κ3) is 3.35. The summed E-state index contributed by atoms with van der Waals surface area (Å²) in [6.07, 6.45) is 5.25. The normalized spacial score (nSPS) is 22.4. The minimum absolute atomic E-state index is 0.111. The lowest BCUT2D eigenvalue weighted by Crippen LogP contribution is -2.52. The van der Waals surface area contributed by atoms with Crippen molar-refractivity contribution >= 4 is 23.8 Å². The van der Waals surface area contributed by atoms with Crippen molar-refractivity contribution < 1.29 is 14.7 Å². The van der Waals surface area contributed by atoms with Gasteiger partial charge in [-0.1, -0.05) is 19.8 Å². The molecule has 2 atom stereocenters. The van der Waals surface area contributed by atoms with Crippen molar-refractivity contribution in [3.63, 3.8) is 0 Å². The maximum absolute atomic E-state index is 12.5. The van der Waals surface area contributed by atoms with Crippen molar-refractivity contribution in [2.75, 3.05) is 18.8 Å². The first kappa shape index (κ1) is 15.7. The van der Waals surface area contributed by atoms with Crippen LogP contribution in [0.2, 0.25) is 0 Å². The molecule has 1 aliphatic rings. The van der Waals surface area contributed by atoms with E-state index in [-0.39, 0.29) is 23.9 Å². The van der Waals surface area contributed by atoms with Crippen LogP contribution in [0, 0.1) is 18.3 Å². The Balaban J connectivity index is 2.98. The summed E-state index contributed by atoms with van der Waals surface area (Å²) in [4.78, 5) is 26.7. The number of thioether (sulfide) groups is 1. The van der Waals surface area contributed by atoms with Gasteiger partial charge in [0.1, 0.15) is 6.04 Å². The van der Waals surface area contributed by atoms with Crippen LogP contribution in [-0.2, 0) is 4.79 Å². The van der Waals surface area contributed by atoms with Gasteiger partial charge in [0.2, 0.25) is 0 Å². The lowest BCUT2D eigenvalue weighted by molar-refractivity contribution is -0.141. The molecule has 1 saturated heterocycles. The third-order valence-corrected chi connectivity index (χ3v) is 4.67. The lowest BCUT2D eigenvalue weighted by atomic mass is 10.1. The van der Waals surface area contributed by atoms with E-state index >= 15 is 0 Å². The fourth-order valence-corrected chi connectivity index (χ4v) is 3.53. The van der Waals surface area contributed by atoms with Gasteiger partial charge in [0.25, 0.3) is 0 Å². The molecule has 1 aliphatic heterocycles. The Labute approximate surface area is 118 Å². The predicted molar refractivity (Wildman–Crippen MR) is 75.8 cm³/mol. The first-order valence-electron chi connectivity index (χ1n) is 6.29. The van der Waals surface area contributed by atoms with Crippen molar-refractivity contribution in [2.24, 2.45) is 5.92 Å². The highest BCUT2D eigenvalue weighted by molar-refractivity contribution is 8.00. The molecule has 1 N–H and O–H groups in total. The largest absolute Gasteiger partial charge is 0.480 e. The molecule has 0 aliphatic carbocycles. The zero-order chi connectivity index (χ0) is 14.6. The van der Waals surface area contributed by atoms with Crippen LogP contribution in [-0.4, -0.2) is 57.2 Å². The Morgan fingerprint density at radius 2 is 2.21 bits per heavy atom. The zero-order valence-electron chi connectivity index (χ0n) is 11.5. The van der Waals surface area contributed by atoms with Gasteiger partial charge in [-0.3, -0.25) is 4.90 Å². The number of urea groups is 1. The molecule has 0 saturated carbocycles. The molecule has 0 aromatic rings. The van der Waals surface area contributed by atoms with Gasteiger partial charge in [-0.15, -0.1) is 18.2 Å². The van der Waals surface area contributed by atoms with Crippen LogP contribution in [0.1, 0.15) is 20.8 Å². The number of amides is 2. The second-order valence-corrected chi connectivity index (χ2v) is 5.88. The number of nitrogens with zero attached hydrogens (tertiary/aromatic N) is 2. The molecule has 0 radical (unpaired) electrons. The SMILES string of the molecule is C#CCN(CC)C(=O)N1C(C(=O)O)CSC1C(C)C. The van der Waals surface area contributed by atoms with Gasteiger partial charge in [0, 0.05) is 12.3 Å². The molecule has 1 rings (SSSR count). The summed E-state index contributed by atoms with van der Waals surface area (Å²) >= 11 is 1.52. The second kappa shape index (κ2) is 6.71. The Hall–Kier alpha value is -1.35. The van der Waals surface area contributed by atoms with Gasteiger partial charge in [0.15, 0.2) is 0 Å². The number of carboxylic acids is 1. The maximum Gasteiger partial charge on any atom is 0.327 e. The van der Waals surface area contributed by atoms with Crippen LogP contribution in [0.25, 0.3) is 0 Å². The summed E-state index contributed by atoms with van der Waals surface area (Å²) in [6.45, 7) is 6.48. The van der Waals surface area contributed by atoms with Crippen LogP contribution < -0.4 is 0 Å². The minimum Gasteiger partial charge on any atom is -0.480 e. The van der Waals surface area contributed by atoms with Crippen molar-refractivity contribution in [1.29, 1.82) is 0 Å². The highest BCUT2D eigenvalue weighted by Gasteiger charge is 2.44. The van der Waals surface area contributed by atoms with Crippen LogP contribution in [0.5, 0.6) is 0 Å². The molecule has 19 heavy (non-hydrogen) atoms. The first-order valence-corrected chi connectivity index (χ1v) is 7.34. The third-order valence-electron chi connectivity index (χ3n) is 3.05. The average Bonchev–Trinajstić information content (AvgIpc) is 2.79. The van der Waals surface area contributed by atoms with Crippen molar-refractivity contribution in [2.45, 2.75) is 32.2 Å². The summed E-state index contributed by atoms with van der Waals surface area (Å²) in [5.74, 6) is 2.10. The number of carbonyl (C=O) groups is 2. The van der Waals surface area contributed by atoms with E-state index in [1.807, 2.05) is 20.8 Å². The molecule has 5 nitrogen and oxygen atoms in total. The van der Waals surface area contributed by atoms with Crippen LogP contribution in [0.3, 0.4) is 0 Å². The molecule has 0 aromatic heterocycles. The Morgan fingerprint density at radius 1 is 1.58 bits per heavy atom. The number of hydrogen-bond acceptors (Lipinski definition) is 3. The quantitative estimate of drug-likeness (QED) is 0.796. The molecule has 106 valence electrons. The molecule has 2 amide bonds. The summed E-state index contributed by atoms with van der Waals surface area (Å²) in [6, 6.07) is -1.05. The van der Waals surface area contributed by atoms with E-state index in [9.17, 15) is 14.7 Å². The van der Waals surface area contributed by atoms with Gasteiger partial charge < -0.3 is 10.0 Å². The molecule has 0 aromatic carbocycles. The number of rotatable bonds is 4. The fourth-order valence-electron chi connectivity index (χ4n) is 2.06. The van der Waals surface area contributed by atoms with E-state index in [1.165, 1.54) is 21.6 Å². The molecule has 1 heterocycles. The number of terminal acetylenes is 1. The van der Waals surface area contributed by atoms with Gasteiger partial charge in [-0.25, -0.2) is 9.59 Å². The highest BCUT2D eigenvalue weighted by atomic mass is 32.2. The smallest absolute Gasteiger partial charge is 0.327 e. The van der Waals surface area contributed by atoms with Crippen molar-refractivity contribution in [3.8, 4) is 12.3 Å². The fraction of sp³-hybridized carbons (Fsp3) is 0.692. The van der Waals surface area contributed by atoms with Crippen molar-refractivity contribution in [3.05, 3.63) is 0 Å². The Kier molecular flexibility index (Phi) is 5.55. The van der Waals surface area contributed by atoms with E-state index in [0.717, 1.165) is 0 Å². The van der Waals surface area contributed by atoms with E-state index in [2.05, 4.69) is 5.92 Å². The monoisotopic (exact) mass is 284 g/mol. The summed E-state index contributed by atoms with van der Waals surface area (Å²) in [5.41, 5.74) is 0. The van der Waals surface area contributed by atoms with E-state index in [4.69, 9.17) is 6.42 Å². The van der Waals surface area contributed by atoms with Crippen LogP contribution in [0.15, 0.2) is 0 Å². The molecule has 6 heteroatoms. The summed E-state index contributed by atoms with van der Waals surface area (Å²) < 4.78 is 0. The van der Waals surface area contributed by atoms with Gasteiger partial charge in [-0.05, 0) is 12.8 Å². The Bertz CT molecular complexity index is 392. The van der Waals surface area contributed by atoms with E-state index < -0.39 is 12.0 Å². The topological polar surface area (TPSA) is 60.9 Å². The average molecular weight is 284 g/mol. The number of hydrogen-bond donors (Lipinski definition) is 1. The molecule has 0 spiro atoms. The van der Waals surface area contributed by atoms with Crippen LogP contribution >= 0.6 is 11.8 Å². The predicted octanol–water partition coefficient (Wildman–Crippen LogP) is 1.55. The second-order valence-electron chi connectivity index (χ2n) is 4.73. The molecule has 1 fully saturated rings. The van der Waals surface area contributed by atoms with E-state index in [0.29, 0.717) is 12.3 Å². The zero-order valence-corrected chi connectivity index (χ0v) is 12.3. The number of carboxylic acid groups (broad SMARTS) is 1. The van der Waals surface area contributed by atoms with Crippen molar-refractivity contribution in [1.82, 2.24) is 9.80 Å². The molecular formula is C13H20N2O3S. The number of carbonyl (C=O) groups excluding carboxylic acids is 1. The summed E-state index contributed by atoms with van der Waals surface area (Å²) in [7, 11) is 0. The van der Waals surface area contributed by atoms with Gasteiger partial charge in [0.05, 0.1) is 11.9 Å². The van der Waals surface area contributed by atoms with Crippen LogP contribution in [0.4, 0.5) is 4.79 Å². The maximum atomic E-state index is 12.5. The Morgan fingerprint density at radius 3 is 2.63 bits per heavy atom. The summed E-state index contributed by atoms with van der Waals surface area (Å²) in [5, 5.41) is 9.14. The molecular weight excluding hydrogens is 264 g/mol. The standard InChI is InChI=1S/C13H20N2O3S/c1-5-7-14(6-2)13(18)15-10(12(16)17)8-19-11(15)9(3)4/h1,9-11H,6-8H2,2-4H3,(H,16,17).